The molecule has 0 radical (unpaired) electrons. The van der Waals surface area contributed by atoms with Gasteiger partial charge in [0, 0.05) is 6.92 Å². The lowest BCUT2D eigenvalue weighted by molar-refractivity contribution is -0.117. The van der Waals surface area contributed by atoms with E-state index in [1.54, 1.807) is 0 Å². The molecule has 0 saturated heterocycles. The van der Waals surface area contributed by atoms with Gasteiger partial charge in [-0.25, -0.2) is 0 Å². The second-order valence-corrected chi connectivity index (χ2v) is 5.69. The summed E-state index contributed by atoms with van der Waals surface area (Å²) in [4.78, 5) is 26.6. The second kappa shape index (κ2) is 5.87. The SMILES string of the molecule is CC(=O)NC1=NC(=O)/C(=C\c2cc(Cl)c(O)c(Cl)c2)S1. The lowest BCUT2D eigenvalue weighted by Gasteiger charge is -2.02. The van der Waals surface area contributed by atoms with E-state index < -0.39 is 5.91 Å². The van der Waals surface area contributed by atoms with Gasteiger partial charge in [0.2, 0.25) is 5.91 Å². The Labute approximate surface area is 128 Å². The van der Waals surface area contributed by atoms with Crippen molar-refractivity contribution in [1.29, 1.82) is 0 Å². The zero-order chi connectivity index (χ0) is 14.9. The number of carbonyl (C=O) groups is 2. The van der Waals surface area contributed by atoms with Gasteiger partial charge in [-0.1, -0.05) is 23.2 Å². The molecule has 1 aliphatic heterocycles. The predicted octanol–water partition coefficient (Wildman–Crippen LogP) is 2.81. The van der Waals surface area contributed by atoms with Crippen LogP contribution in [0.25, 0.3) is 6.08 Å². The molecule has 0 unspecified atom stereocenters. The van der Waals surface area contributed by atoms with E-state index in [1.165, 1.54) is 25.1 Å². The number of amidine groups is 1. The minimum atomic E-state index is -0.459. The topological polar surface area (TPSA) is 78.8 Å². The highest BCUT2D eigenvalue weighted by molar-refractivity contribution is 8.18. The van der Waals surface area contributed by atoms with Crippen LogP contribution in [0, 0.1) is 0 Å². The van der Waals surface area contributed by atoms with Crippen molar-refractivity contribution in [3.8, 4) is 5.75 Å². The fraction of sp³-hybridized carbons (Fsp3) is 0.0833. The van der Waals surface area contributed by atoms with Crippen molar-refractivity contribution in [2.24, 2.45) is 4.99 Å². The molecule has 8 heteroatoms. The molecule has 104 valence electrons. The van der Waals surface area contributed by atoms with E-state index in [9.17, 15) is 14.7 Å². The van der Waals surface area contributed by atoms with Gasteiger partial charge in [0.05, 0.1) is 15.0 Å². The number of halogens is 2. The highest BCUT2D eigenvalue weighted by atomic mass is 35.5. The average molecular weight is 331 g/mol. The zero-order valence-corrected chi connectivity index (χ0v) is 12.4. The van der Waals surface area contributed by atoms with E-state index in [2.05, 4.69) is 10.3 Å². The summed E-state index contributed by atoms with van der Waals surface area (Å²) in [5.74, 6) is -0.976. The van der Waals surface area contributed by atoms with E-state index in [-0.39, 0.29) is 26.9 Å². The summed E-state index contributed by atoms with van der Waals surface area (Å²) in [5.41, 5.74) is 0.549. The Morgan fingerprint density at radius 3 is 2.55 bits per heavy atom. The Kier molecular flexibility index (Phi) is 4.37. The van der Waals surface area contributed by atoms with Crippen molar-refractivity contribution in [2.75, 3.05) is 0 Å². The van der Waals surface area contributed by atoms with Gasteiger partial charge >= 0.3 is 0 Å². The zero-order valence-electron chi connectivity index (χ0n) is 10.1. The molecule has 0 fully saturated rings. The highest BCUT2D eigenvalue weighted by Gasteiger charge is 2.22. The number of hydrogen-bond donors (Lipinski definition) is 2. The van der Waals surface area contributed by atoms with Gasteiger partial charge in [0.25, 0.3) is 5.91 Å². The third-order valence-corrected chi connectivity index (χ3v) is 3.72. The number of benzene rings is 1. The predicted molar refractivity (Wildman–Crippen MR) is 80.0 cm³/mol. The van der Waals surface area contributed by atoms with Crippen LogP contribution in [0.3, 0.4) is 0 Å². The van der Waals surface area contributed by atoms with Gasteiger partial charge in [-0.05, 0) is 35.5 Å². The molecule has 0 aromatic heterocycles. The molecule has 1 aliphatic rings. The van der Waals surface area contributed by atoms with Crippen LogP contribution in [0.15, 0.2) is 22.0 Å². The minimum absolute atomic E-state index is 0.0859. The monoisotopic (exact) mass is 330 g/mol. The summed E-state index contributed by atoms with van der Waals surface area (Å²) in [5, 5.41) is 12.3. The number of rotatable bonds is 1. The Bertz CT molecular complexity index is 648. The maximum absolute atomic E-state index is 11.7. The molecule has 2 N–H and O–H groups in total. The summed E-state index contributed by atoms with van der Waals surface area (Å²) < 4.78 is 0. The number of phenolic OH excluding ortho intramolecular Hbond substituents is 1. The van der Waals surface area contributed by atoms with Gasteiger partial charge in [0.1, 0.15) is 0 Å². The Morgan fingerprint density at radius 2 is 2.00 bits per heavy atom. The van der Waals surface area contributed by atoms with E-state index >= 15 is 0 Å². The van der Waals surface area contributed by atoms with Gasteiger partial charge in [-0.15, -0.1) is 0 Å². The third kappa shape index (κ3) is 3.33. The van der Waals surface area contributed by atoms with Crippen molar-refractivity contribution in [1.82, 2.24) is 5.32 Å². The molecule has 0 atom stereocenters. The molecule has 0 spiro atoms. The van der Waals surface area contributed by atoms with Gasteiger partial charge in [-0.3, -0.25) is 9.59 Å². The first-order chi connectivity index (χ1) is 9.36. The number of hydrogen-bond acceptors (Lipinski definition) is 4. The van der Waals surface area contributed by atoms with Crippen LogP contribution in [-0.2, 0) is 9.59 Å². The first-order valence-electron chi connectivity index (χ1n) is 5.35. The van der Waals surface area contributed by atoms with Gasteiger partial charge in [-0.2, -0.15) is 4.99 Å². The normalized spacial score (nSPS) is 16.4. The molecular formula is C12H8Cl2N2O3S. The number of nitrogens with one attached hydrogen (secondary N) is 1. The van der Waals surface area contributed by atoms with Crippen molar-refractivity contribution < 1.29 is 14.7 Å². The van der Waals surface area contributed by atoms with Crippen LogP contribution in [0.5, 0.6) is 5.75 Å². The first-order valence-corrected chi connectivity index (χ1v) is 6.92. The maximum atomic E-state index is 11.7. The van der Waals surface area contributed by atoms with E-state index in [4.69, 9.17) is 23.2 Å². The summed E-state index contributed by atoms with van der Waals surface area (Å²) in [6.07, 6.45) is 1.53. The largest absolute Gasteiger partial charge is 0.505 e. The summed E-state index contributed by atoms with van der Waals surface area (Å²) in [6, 6.07) is 2.94. The fourth-order valence-corrected chi connectivity index (χ4v) is 2.80. The van der Waals surface area contributed by atoms with Crippen molar-refractivity contribution in [3.05, 3.63) is 32.6 Å². The standard InChI is InChI=1S/C12H8Cl2N2O3S/c1-5(17)15-12-16-11(19)9(20-12)4-6-2-7(13)10(18)8(14)3-6/h2-4,18H,1H3,(H,15,16,17,19)/b9-4+. The van der Waals surface area contributed by atoms with Crippen LogP contribution in [-0.4, -0.2) is 22.1 Å². The molecule has 1 aromatic carbocycles. The summed E-state index contributed by atoms with van der Waals surface area (Å²) >= 11 is 12.6. The van der Waals surface area contributed by atoms with E-state index in [0.29, 0.717) is 10.5 Å². The highest BCUT2D eigenvalue weighted by Crippen LogP contribution is 2.35. The molecular weight excluding hydrogens is 323 g/mol. The summed E-state index contributed by atoms with van der Waals surface area (Å²) in [6.45, 7) is 1.33. The van der Waals surface area contributed by atoms with Crippen LogP contribution in [0.4, 0.5) is 0 Å². The van der Waals surface area contributed by atoms with Crippen LogP contribution >= 0.6 is 35.0 Å². The Balaban J connectivity index is 2.26. The van der Waals surface area contributed by atoms with E-state index in [0.717, 1.165) is 11.8 Å². The van der Waals surface area contributed by atoms with E-state index in [1.807, 2.05) is 0 Å². The number of thioether (sulfide) groups is 1. The van der Waals surface area contributed by atoms with Crippen molar-refractivity contribution in [2.45, 2.75) is 6.92 Å². The average Bonchev–Trinajstić information content (AvgIpc) is 2.65. The molecule has 2 rings (SSSR count). The molecule has 0 bridgehead atoms. The Hall–Kier alpha value is -1.50. The van der Waals surface area contributed by atoms with Gasteiger partial charge < -0.3 is 10.4 Å². The molecule has 20 heavy (non-hydrogen) atoms. The third-order valence-electron chi connectivity index (χ3n) is 2.24. The van der Waals surface area contributed by atoms with Crippen molar-refractivity contribution >= 4 is 58.0 Å². The van der Waals surface area contributed by atoms with Crippen molar-refractivity contribution in [3.63, 3.8) is 0 Å². The number of phenols is 1. The van der Waals surface area contributed by atoms with Crippen LogP contribution in [0.2, 0.25) is 10.0 Å². The number of carbonyl (C=O) groups excluding carboxylic acids is 2. The second-order valence-electron chi connectivity index (χ2n) is 3.85. The molecule has 1 heterocycles. The summed E-state index contributed by atoms with van der Waals surface area (Å²) in [7, 11) is 0. The first kappa shape index (κ1) is 14.9. The quantitative estimate of drug-likeness (QED) is 0.776. The number of aliphatic imine (C=N–C) groups is 1. The lowest BCUT2D eigenvalue weighted by Crippen LogP contribution is -2.23. The number of aromatic hydroxyl groups is 1. The molecule has 0 aliphatic carbocycles. The molecule has 0 saturated carbocycles. The number of amides is 2. The van der Waals surface area contributed by atoms with Gasteiger partial charge in [0.15, 0.2) is 10.9 Å². The van der Waals surface area contributed by atoms with Crippen LogP contribution < -0.4 is 5.32 Å². The number of nitrogens with zero attached hydrogens (tertiary/aromatic N) is 1. The minimum Gasteiger partial charge on any atom is -0.505 e. The maximum Gasteiger partial charge on any atom is 0.286 e. The Morgan fingerprint density at radius 1 is 1.40 bits per heavy atom. The fourth-order valence-electron chi connectivity index (χ4n) is 1.43. The van der Waals surface area contributed by atoms with Crippen LogP contribution in [0.1, 0.15) is 12.5 Å². The smallest absolute Gasteiger partial charge is 0.286 e. The molecule has 1 aromatic rings. The lowest BCUT2D eigenvalue weighted by atomic mass is 10.2. The molecule has 5 nitrogen and oxygen atoms in total. The molecule has 2 amide bonds.